The SMILES string of the molecule is COc1ccc(/C=C2\N=C(C(C)(C)C)OC2=O)cc1OC. The number of cyclic esters (lactones) is 1. The summed E-state index contributed by atoms with van der Waals surface area (Å²) in [6.07, 6.45) is 1.67. The van der Waals surface area contributed by atoms with Gasteiger partial charge in [-0.3, -0.25) is 0 Å². The summed E-state index contributed by atoms with van der Waals surface area (Å²) in [6, 6.07) is 5.38. The number of hydrogen-bond acceptors (Lipinski definition) is 5. The molecule has 1 aromatic rings. The van der Waals surface area contributed by atoms with Gasteiger partial charge in [-0.25, -0.2) is 9.79 Å². The van der Waals surface area contributed by atoms with Gasteiger partial charge in [0.1, 0.15) is 0 Å². The van der Waals surface area contributed by atoms with E-state index in [0.717, 1.165) is 5.56 Å². The number of carbonyl (C=O) groups is 1. The Bertz CT molecular complexity index is 624. The number of ether oxygens (including phenoxy) is 3. The largest absolute Gasteiger partial charge is 0.493 e. The molecule has 1 aromatic carbocycles. The molecular formula is C16H19NO4. The summed E-state index contributed by atoms with van der Waals surface area (Å²) in [4.78, 5) is 16.1. The summed E-state index contributed by atoms with van der Waals surface area (Å²) in [6.45, 7) is 5.83. The summed E-state index contributed by atoms with van der Waals surface area (Å²) in [7, 11) is 3.14. The average molecular weight is 289 g/mol. The topological polar surface area (TPSA) is 57.1 Å². The minimum absolute atomic E-state index is 0.284. The van der Waals surface area contributed by atoms with Gasteiger partial charge in [-0.1, -0.05) is 26.8 Å². The molecule has 1 aliphatic rings. The van der Waals surface area contributed by atoms with Crippen molar-refractivity contribution in [2.24, 2.45) is 10.4 Å². The van der Waals surface area contributed by atoms with Crippen LogP contribution in [0.4, 0.5) is 0 Å². The molecule has 0 N–H and O–H groups in total. The zero-order valence-corrected chi connectivity index (χ0v) is 12.9. The molecule has 0 bridgehead atoms. The van der Waals surface area contributed by atoms with E-state index in [0.29, 0.717) is 17.4 Å². The molecule has 0 fully saturated rings. The molecule has 0 atom stereocenters. The molecule has 0 amide bonds. The van der Waals surface area contributed by atoms with Crippen molar-refractivity contribution < 1.29 is 19.0 Å². The second-order valence-electron chi connectivity index (χ2n) is 5.70. The van der Waals surface area contributed by atoms with Crippen molar-refractivity contribution >= 4 is 17.9 Å². The minimum Gasteiger partial charge on any atom is -0.493 e. The van der Waals surface area contributed by atoms with Crippen LogP contribution < -0.4 is 9.47 Å². The molecule has 0 aromatic heterocycles. The van der Waals surface area contributed by atoms with Gasteiger partial charge in [0.15, 0.2) is 17.2 Å². The predicted octanol–water partition coefficient (Wildman–Crippen LogP) is 3.05. The minimum atomic E-state index is -0.435. The van der Waals surface area contributed by atoms with Crippen molar-refractivity contribution in [2.75, 3.05) is 14.2 Å². The lowest BCUT2D eigenvalue weighted by Gasteiger charge is -2.15. The van der Waals surface area contributed by atoms with E-state index in [-0.39, 0.29) is 11.1 Å². The van der Waals surface area contributed by atoms with Gasteiger partial charge in [-0.05, 0) is 23.8 Å². The Balaban J connectivity index is 2.36. The lowest BCUT2D eigenvalue weighted by Crippen LogP contribution is -2.21. The normalized spacial score (nSPS) is 16.7. The molecule has 5 nitrogen and oxygen atoms in total. The molecule has 112 valence electrons. The number of methoxy groups -OCH3 is 2. The molecular weight excluding hydrogens is 270 g/mol. The van der Waals surface area contributed by atoms with Crippen molar-refractivity contribution in [3.8, 4) is 11.5 Å². The molecule has 0 aliphatic carbocycles. The summed E-state index contributed by atoms with van der Waals surface area (Å²) < 4.78 is 15.6. The average Bonchev–Trinajstić information content (AvgIpc) is 2.80. The molecule has 0 saturated heterocycles. The van der Waals surface area contributed by atoms with Gasteiger partial charge in [0, 0.05) is 5.41 Å². The second-order valence-corrected chi connectivity index (χ2v) is 5.70. The zero-order valence-electron chi connectivity index (χ0n) is 12.9. The van der Waals surface area contributed by atoms with Gasteiger partial charge >= 0.3 is 5.97 Å². The van der Waals surface area contributed by atoms with Crippen molar-refractivity contribution in [3.63, 3.8) is 0 Å². The van der Waals surface area contributed by atoms with Crippen LogP contribution in [0.3, 0.4) is 0 Å². The van der Waals surface area contributed by atoms with Gasteiger partial charge in [-0.2, -0.15) is 0 Å². The molecule has 0 saturated carbocycles. The first-order valence-corrected chi connectivity index (χ1v) is 6.60. The fourth-order valence-electron chi connectivity index (χ4n) is 1.83. The van der Waals surface area contributed by atoms with Gasteiger partial charge < -0.3 is 14.2 Å². The third-order valence-electron chi connectivity index (χ3n) is 2.97. The van der Waals surface area contributed by atoms with Crippen LogP contribution in [0.1, 0.15) is 26.3 Å². The Morgan fingerprint density at radius 2 is 1.81 bits per heavy atom. The van der Waals surface area contributed by atoms with Crippen LogP contribution in [0.15, 0.2) is 28.9 Å². The van der Waals surface area contributed by atoms with Crippen molar-refractivity contribution in [2.45, 2.75) is 20.8 Å². The highest BCUT2D eigenvalue weighted by atomic mass is 16.6. The Labute approximate surface area is 124 Å². The Morgan fingerprint density at radius 3 is 2.33 bits per heavy atom. The molecule has 0 radical (unpaired) electrons. The Morgan fingerprint density at radius 1 is 1.14 bits per heavy atom. The van der Waals surface area contributed by atoms with E-state index in [1.165, 1.54) is 0 Å². The van der Waals surface area contributed by atoms with Crippen LogP contribution in [0.25, 0.3) is 6.08 Å². The highest BCUT2D eigenvalue weighted by Crippen LogP contribution is 2.30. The third kappa shape index (κ3) is 3.24. The standard InChI is InChI=1S/C16H19NO4/c1-16(2,3)15-17-11(14(18)21-15)8-10-6-7-12(19-4)13(9-10)20-5/h6-9H,1-5H3/b11-8-. The van der Waals surface area contributed by atoms with E-state index >= 15 is 0 Å². The first-order chi connectivity index (χ1) is 9.85. The number of carbonyl (C=O) groups excluding carboxylic acids is 1. The first kappa shape index (κ1) is 15.1. The summed E-state index contributed by atoms with van der Waals surface area (Å²) in [5, 5.41) is 0. The summed E-state index contributed by atoms with van der Waals surface area (Å²) in [5.41, 5.74) is 0.772. The van der Waals surface area contributed by atoms with Crippen molar-refractivity contribution in [1.82, 2.24) is 0 Å². The maximum Gasteiger partial charge on any atom is 0.363 e. The van der Waals surface area contributed by atoms with Crippen molar-refractivity contribution in [1.29, 1.82) is 0 Å². The van der Waals surface area contributed by atoms with Crippen LogP contribution in [0.5, 0.6) is 11.5 Å². The van der Waals surface area contributed by atoms with Gasteiger partial charge in [0.2, 0.25) is 5.90 Å². The van der Waals surface area contributed by atoms with Crippen LogP contribution in [0, 0.1) is 5.41 Å². The highest BCUT2D eigenvalue weighted by molar-refractivity contribution is 6.08. The monoisotopic (exact) mass is 289 g/mol. The number of nitrogens with zero attached hydrogens (tertiary/aromatic N) is 1. The third-order valence-corrected chi connectivity index (χ3v) is 2.97. The maximum atomic E-state index is 11.9. The van der Waals surface area contributed by atoms with Crippen molar-refractivity contribution in [3.05, 3.63) is 29.5 Å². The van der Waals surface area contributed by atoms with Gasteiger partial charge in [0.25, 0.3) is 0 Å². The number of esters is 1. The van der Waals surface area contributed by atoms with Crippen LogP contribution in [-0.2, 0) is 9.53 Å². The zero-order chi connectivity index (χ0) is 15.6. The molecule has 1 heterocycles. The highest BCUT2D eigenvalue weighted by Gasteiger charge is 2.31. The second kappa shape index (κ2) is 5.60. The summed E-state index contributed by atoms with van der Waals surface area (Å²) in [5.74, 6) is 1.22. The molecule has 5 heteroatoms. The van der Waals surface area contributed by atoms with Gasteiger partial charge in [-0.15, -0.1) is 0 Å². The number of benzene rings is 1. The van der Waals surface area contributed by atoms with Crippen LogP contribution in [0.2, 0.25) is 0 Å². The van der Waals surface area contributed by atoms with Crippen LogP contribution in [-0.4, -0.2) is 26.1 Å². The number of rotatable bonds is 3. The molecule has 0 unspecified atom stereocenters. The molecule has 0 spiro atoms. The van der Waals surface area contributed by atoms with E-state index < -0.39 is 5.97 Å². The quantitative estimate of drug-likeness (QED) is 0.634. The molecule has 2 rings (SSSR count). The number of aliphatic imine (C=N–C) groups is 1. The van der Waals surface area contributed by atoms with E-state index in [1.807, 2.05) is 26.8 Å². The molecule has 21 heavy (non-hydrogen) atoms. The maximum absolute atomic E-state index is 11.9. The van der Waals surface area contributed by atoms with Crippen LogP contribution >= 0.6 is 0 Å². The summed E-state index contributed by atoms with van der Waals surface area (Å²) >= 11 is 0. The van der Waals surface area contributed by atoms with Gasteiger partial charge in [0.05, 0.1) is 14.2 Å². The van der Waals surface area contributed by atoms with E-state index in [1.54, 1.807) is 32.4 Å². The Kier molecular flexibility index (Phi) is 4.02. The molecule has 1 aliphatic heterocycles. The smallest absolute Gasteiger partial charge is 0.363 e. The lowest BCUT2D eigenvalue weighted by atomic mass is 9.97. The van der Waals surface area contributed by atoms with E-state index in [2.05, 4.69) is 4.99 Å². The predicted molar refractivity (Wildman–Crippen MR) is 80.5 cm³/mol. The van der Waals surface area contributed by atoms with E-state index in [4.69, 9.17) is 14.2 Å². The van der Waals surface area contributed by atoms with E-state index in [9.17, 15) is 4.79 Å². The number of hydrogen-bond donors (Lipinski definition) is 0. The fraction of sp³-hybridized carbons (Fsp3) is 0.375. The first-order valence-electron chi connectivity index (χ1n) is 6.60. The fourth-order valence-corrected chi connectivity index (χ4v) is 1.83. The Hall–Kier alpha value is -2.30. The lowest BCUT2D eigenvalue weighted by molar-refractivity contribution is -0.130.